The van der Waals surface area contributed by atoms with Crippen LogP contribution in [0.5, 0.6) is 0 Å². The number of aliphatic imine (C=N–C) groups is 1. The van der Waals surface area contributed by atoms with Crippen LogP contribution in [0.1, 0.15) is 24.4 Å². The fourth-order valence-electron chi connectivity index (χ4n) is 8.38. The van der Waals surface area contributed by atoms with E-state index in [0.29, 0.717) is 0 Å². The summed E-state index contributed by atoms with van der Waals surface area (Å²) < 4.78 is 109. The van der Waals surface area contributed by atoms with Gasteiger partial charge in [-0.3, -0.25) is 41.6 Å². The number of fused-ring (bicyclic) bond motifs is 3. The van der Waals surface area contributed by atoms with Crippen molar-refractivity contribution in [3.63, 3.8) is 0 Å². The number of aromatic amines is 1. The van der Waals surface area contributed by atoms with Crippen LogP contribution in [0.25, 0.3) is 28.0 Å². The molecule has 3 saturated heterocycles. The van der Waals surface area contributed by atoms with E-state index in [1.54, 1.807) is 0 Å². The number of anilines is 2. The molecule has 0 radical (unpaired) electrons. The van der Waals surface area contributed by atoms with Gasteiger partial charge in [-0.1, -0.05) is 11.6 Å². The Kier molecular flexibility index (Phi) is 14.9. The number of hydrogen-bond donors (Lipinski definition) is 13. The van der Waals surface area contributed by atoms with Crippen molar-refractivity contribution >= 4 is 82.9 Å². The quantitative estimate of drug-likeness (QED) is 0.0277. The molecule has 0 amide bonds. The van der Waals surface area contributed by atoms with E-state index < -0.39 is 130 Å². The molecule has 4 aliphatic heterocycles. The molecular formula is C33H46N15O23P4+. The number of guanidine groups is 1. The Morgan fingerprint density at radius 3 is 2.07 bits per heavy atom. The standard InChI is InChI=1S/C33H45N15O23P4/c1-11-15-26(42-32(35)41-11)47(8-39-15)29-20(51)18(49)12(66-29)4-63-72(54,55)69-22-14(68-31(23(22)62-3)46-9-40-16-24(34)37-7-38-25(16)46)6-65-74(58,59)71-75(60,61)70-73(56,57)64-5-13-19(50)21(52)30(67-13)48-10-45(2)17-27(48)43-33(36)44-28(17)53/h7-10,12-14,18-23,29-31,49-52H,1,4-6H2,2-3H3,(H11-,34,35,36,37,38,41,42,43,44,53,54,55,56,57,58,59,60,61)/p+1/t12-,13-,14-,18-,19-,20-,21-,22-,23-,29-,30-,31-/m1/s1. The molecule has 4 unspecified atom stereocenters. The van der Waals surface area contributed by atoms with Gasteiger partial charge in [0.05, 0.1) is 45.2 Å². The second-order valence-corrected chi connectivity index (χ2v) is 22.7. The highest BCUT2D eigenvalue weighted by molar-refractivity contribution is 7.66. The molecule has 0 bridgehead atoms. The summed E-state index contributed by atoms with van der Waals surface area (Å²) in [4.78, 5) is 81.6. The normalized spacial score (nSPS) is 31.2. The number of imidazole rings is 3. The van der Waals surface area contributed by atoms with Crippen molar-refractivity contribution in [1.82, 2.24) is 48.9 Å². The number of hydrogen-bond acceptors (Lipinski definition) is 29. The van der Waals surface area contributed by atoms with Gasteiger partial charge in [-0.2, -0.15) is 13.6 Å². The zero-order valence-corrected chi connectivity index (χ0v) is 41.8. The van der Waals surface area contributed by atoms with Crippen LogP contribution in [0.2, 0.25) is 0 Å². The number of H-pyrrole nitrogens is 1. The third kappa shape index (κ3) is 10.9. The molecule has 0 aromatic carbocycles. The second kappa shape index (κ2) is 20.4. The van der Waals surface area contributed by atoms with E-state index in [2.05, 4.69) is 55.4 Å². The number of rotatable bonds is 19. The first-order chi connectivity index (χ1) is 35.2. The maximum atomic E-state index is 13.7. The Labute approximate surface area is 417 Å². The number of nitrogens with zero attached hydrogens (tertiary/aromatic N) is 10. The van der Waals surface area contributed by atoms with E-state index in [0.717, 1.165) is 24.3 Å². The molecule has 3 fully saturated rings. The van der Waals surface area contributed by atoms with E-state index in [1.807, 2.05) is 0 Å². The lowest BCUT2D eigenvalue weighted by molar-refractivity contribution is -0.745. The minimum absolute atomic E-state index is 0.0194. The lowest BCUT2D eigenvalue weighted by atomic mass is 10.1. The SMILES string of the molecule is C=C1NC(N)=Nc2c1ncn2[C@@H]1O[C@H](COP(=O)(O)O[C@H]2[C@@H](OC)[C@H](n3cnc4c(N)ncnc43)O[C@@H]2COP(=O)(O)OP(=O)(O)OP(=O)(O)OC[C@H]2O[C@@H]([n+]3cn(C)c4c(=O)[nH]c(N)nc43)[C@H](O)[C@@H]2O)[C@@H](O)[C@H]1O. The number of phosphoric acid groups is 4. The molecule has 0 aliphatic carbocycles. The predicted molar refractivity (Wildman–Crippen MR) is 242 cm³/mol. The number of phosphoric ester groups is 3. The number of aryl methyl sites for hydroxylation is 1. The van der Waals surface area contributed by atoms with Gasteiger partial charge in [0.2, 0.25) is 11.7 Å². The van der Waals surface area contributed by atoms with E-state index in [-0.39, 0.29) is 57.3 Å². The molecular weight excluding hydrogens is 1100 g/mol. The number of methoxy groups -OCH3 is 1. The molecule has 9 heterocycles. The van der Waals surface area contributed by atoms with Crippen molar-refractivity contribution in [2.75, 3.05) is 38.4 Å². The molecule has 16 N–H and O–H groups in total. The van der Waals surface area contributed by atoms with E-state index in [1.165, 1.54) is 33.4 Å². The first-order valence-electron chi connectivity index (χ1n) is 21.3. The summed E-state index contributed by atoms with van der Waals surface area (Å²) in [6.07, 6.45) is -15.2. The fraction of sp³-hybridized carbons (Fsp3) is 0.515. The lowest BCUT2D eigenvalue weighted by Crippen LogP contribution is -2.46. The predicted octanol–water partition coefficient (Wildman–Crippen LogP) is -4.01. The number of nitrogens with one attached hydrogen (secondary N) is 2. The number of aliphatic hydroxyl groups excluding tert-OH is 4. The van der Waals surface area contributed by atoms with Gasteiger partial charge in [-0.15, -0.1) is 0 Å². The Hall–Kier alpha value is -5.08. The zero-order chi connectivity index (χ0) is 54.3. The largest absolute Gasteiger partial charge is 0.490 e. The lowest BCUT2D eigenvalue weighted by Gasteiger charge is -2.26. The van der Waals surface area contributed by atoms with Gasteiger partial charge in [-0.05, 0) is 0 Å². The second-order valence-electron chi connectivity index (χ2n) is 16.6. The van der Waals surface area contributed by atoms with Crippen LogP contribution in [-0.4, -0.2) is 171 Å². The van der Waals surface area contributed by atoms with Gasteiger partial charge in [0.1, 0.15) is 72.5 Å². The summed E-state index contributed by atoms with van der Waals surface area (Å²) in [6, 6.07) is 0. The molecule has 4 aliphatic rings. The van der Waals surface area contributed by atoms with Gasteiger partial charge in [0, 0.05) is 7.11 Å². The average molecular weight is 1140 g/mol. The van der Waals surface area contributed by atoms with Crippen molar-refractivity contribution < 1.29 is 108 Å². The summed E-state index contributed by atoms with van der Waals surface area (Å²) in [5.41, 5.74) is 17.2. The molecule has 16 atom stereocenters. The monoisotopic (exact) mass is 1140 g/mol. The van der Waals surface area contributed by atoms with Crippen molar-refractivity contribution in [3.8, 4) is 0 Å². The Bertz CT molecular complexity index is 3320. The zero-order valence-electron chi connectivity index (χ0n) is 38.3. The Morgan fingerprint density at radius 1 is 0.773 bits per heavy atom. The number of nitrogens with two attached hydrogens (primary N) is 3. The summed E-state index contributed by atoms with van der Waals surface area (Å²) >= 11 is 0. The maximum absolute atomic E-state index is 13.7. The third-order valence-electron chi connectivity index (χ3n) is 11.7. The molecule has 38 nitrogen and oxygen atoms in total. The summed E-state index contributed by atoms with van der Waals surface area (Å²) in [5.74, 6) is -0.351. The van der Waals surface area contributed by atoms with Crippen molar-refractivity contribution in [1.29, 1.82) is 0 Å². The first-order valence-corrected chi connectivity index (χ1v) is 27.3. The van der Waals surface area contributed by atoms with Crippen LogP contribution >= 0.6 is 31.3 Å². The van der Waals surface area contributed by atoms with Gasteiger partial charge in [0.25, 0.3) is 11.5 Å². The smallest absolute Gasteiger partial charge is 0.387 e. The molecule has 5 aromatic heterocycles. The number of nitrogen functional groups attached to an aromatic ring is 2. The van der Waals surface area contributed by atoms with Crippen molar-refractivity contribution in [2.45, 2.75) is 73.6 Å². The molecule has 9 rings (SSSR count). The minimum Gasteiger partial charge on any atom is -0.387 e. The van der Waals surface area contributed by atoms with Crippen LogP contribution in [-0.2, 0) is 71.0 Å². The van der Waals surface area contributed by atoms with Crippen LogP contribution in [0.4, 0.5) is 17.6 Å². The topological polar surface area (TPSA) is 541 Å². The highest BCUT2D eigenvalue weighted by Crippen LogP contribution is 2.68. The minimum atomic E-state index is -6.19. The van der Waals surface area contributed by atoms with Crippen LogP contribution in [0.15, 0.2) is 41.7 Å². The molecule has 0 spiro atoms. The van der Waals surface area contributed by atoms with Gasteiger partial charge in [-0.25, -0.2) is 42.8 Å². The fourth-order valence-corrected chi connectivity index (χ4v) is 12.9. The van der Waals surface area contributed by atoms with E-state index in [4.69, 9.17) is 54.2 Å². The highest BCUT2D eigenvalue weighted by Gasteiger charge is 2.54. The van der Waals surface area contributed by atoms with Crippen LogP contribution in [0.3, 0.4) is 0 Å². The van der Waals surface area contributed by atoms with Gasteiger partial charge in [0.15, 0.2) is 42.0 Å². The maximum Gasteiger partial charge on any atom is 0.490 e. The molecule has 0 saturated carbocycles. The first kappa shape index (κ1) is 54.7. The van der Waals surface area contributed by atoms with E-state index >= 15 is 0 Å². The highest BCUT2D eigenvalue weighted by atomic mass is 31.3. The number of aliphatic hydroxyl groups is 4. The van der Waals surface area contributed by atoms with Crippen molar-refractivity contribution in [3.05, 3.63) is 47.9 Å². The van der Waals surface area contributed by atoms with Gasteiger partial charge < -0.3 is 81.5 Å². The molecule has 42 heteroatoms. The van der Waals surface area contributed by atoms with E-state index in [9.17, 15) is 63.1 Å². The molecule has 75 heavy (non-hydrogen) atoms. The third-order valence-corrected chi connectivity index (χ3v) is 16.9. The Balaban J connectivity index is 0.859. The van der Waals surface area contributed by atoms with Crippen LogP contribution in [0, 0.1) is 0 Å². The average Bonchev–Trinajstić information content (AvgIpc) is 4.17. The summed E-state index contributed by atoms with van der Waals surface area (Å²) in [5, 5.41) is 46.0. The number of aromatic nitrogens is 10. The van der Waals surface area contributed by atoms with Crippen LogP contribution < -0.4 is 32.6 Å². The summed E-state index contributed by atoms with van der Waals surface area (Å²) in [7, 11) is -20.8. The molecule has 410 valence electrons. The van der Waals surface area contributed by atoms with Gasteiger partial charge >= 0.3 is 36.9 Å². The Morgan fingerprint density at radius 2 is 1.39 bits per heavy atom. The number of ether oxygens (including phenoxy) is 4. The van der Waals surface area contributed by atoms with Crippen molar-refractivity contribution in [2.24, 2.45) is 17.8 Å². The summed E-state index contributed by atoms with van der Waals surface area (Å²) in [6.45, 7) is 0.464. The molecule has 5 aromatic rings.